The molecule has 27 nitrogen and oxygen atoms in total. The number of allylic oxidation sites excluding steroid dienone is 6. The Balaban J connectivity index is 1.31. The number of nitrogens with one attached hydrogen (secondary N) is 2. The summed E-state index contributed by atoms with van der Waals surface area (Å²) >= 11 is 0. The Morgan fingerprint density at radius 2 is 1.52 bits per heavy atom. The monoisotopic (exact) mass is 1270 g/mol. The maximum absolute atomic E-state index is 14.4. The lowest BCUT2D eigenvalue weighted by molar-refractivity contribution is -0.131. The molecule has 5 aliphatic heterocycles. The quantitative estimate of drug-likeness (QED) is 0.0443. The lowest BCUT2D eigenvalue weighted by Gasteiger charge is -2.48. The molecule has 13 atom stereocenters. The summed E-state index contributed by atoms with van der Waals surface area (Å²) in [5.41, 5.74) is 31.6. The normalized spacial score (nSPS) is 31.5. The average molecular weight is 1270 g/mol. The number of ether oxygens (including phenoxy) is 1. The molecule has 0 saturated carbocycles. The van der Waals surface area contributed by atoms with Gasteiger partial charge in [0.2, 0.25) is 35.4 Å². The number of imidazole rings is 1. The van der Waals surface area contributed by atoms with E-state index < -0.39 is 132 Å². The van der Waals surface area contributed by atoms with Gasteiger partial charge in [0.15, 0.2) is 6.23 Å². The van der Waals surface area contributed by atoms with Gasteiger partial charge in [-0.1, -0.05) is 27.7 Å². The Morgan fingerprint density at radius 1 is 0.889 bits per heavy atom. The molecule has 6 amide bonds. The summed E-state index contributed by atoms with van der Waals surface area (Å²) in [5, 5.41) is 38.3. The fraction of sp³-hybridized carbons (Fsp3) is 0.597. The number of carbonyl (C=O) groups is 7. The van der Waals surface area contributed by atoms with E-state index in [-0.39, 0.29) is 88.4 Å². The molecule has 6 heterocycles. The van der Waals surface area contributed by atoms with Crippen molar-refractivity contribution in [2.24, 2.45) is 77.6 Å². The number of amides is 6. The van der Waals surface area contributed by atoms with Crippen LogP contribution in [0.1, 0.15) is 150 Å². The molecule has 7 rings (SSSR count). The summed E-state index contributed by atoms with van der Waals surface area (Å²) in [6.45, 7) is 18.7. The number of nitrogens with two attached hydrogens (primary N) is 5. The summed E-state index contributed by atoms with van der Waals surface area (Å²) in [7, 11) is -5.08. The molecule has 1 aromatic heterocycles. The van der Waals surface area contributed by atoms with Crippen molar-refractivity contribution in [2.45, 2.75) is 189 Å². The van der Waals surface area contributed by atoms with Crippen LogP contribution in [0.4, 0.5) is 0 Å². The second-order valence-corrected chi connectivity index (χ2v) is 27.4. The maximum Gasteiger partial charge on any atom is 0.472 e. The number of aromatic nitrogens is 2. The second kappa shape index (κ2) is 27.3. The number of hydrogen-bond donors (Lipinski definition) is 11. The van der Waals surface area contributed by atoms with Crippen LogP contribution >= 0.6 is 7.82 Å². The molecule has 2 aromatic rings. The number of carboxylic acids is 1. The van der Waals surface area contributed by atoms with Crippen molar-refractivity contribution in [2.75, 3.05) is 13.2 Å². The first-order chi connectivity index (χ1) is 41.9. The predicted molar refractivity (Wildman–Crippen MR) is 334 cm³/mol. The molecule has 0 spiro atoms. The van der Waals surface area contributed by atoms with Crippen LogP contribution in [0.5, 0.6) is 0 Å². The minimum absolute atomic E-state index is 0.00749. The van der Waals surface area contributed by atoms with Crippen molar-refractivity contribution in [3.63, 3.8) is 0 Å². The highest BCUT2D eigenvalue weighted by Gasteiger charge is 2.66. The highest BCUT2D eigenvalue weighted by molar-refractivity contribution is 7.47. The number of hydrogen-bond acceptors (Lipinski definition) is 18. The van der Waals surface area contributed by atoms with Crippen molar-refractivity contribution in [1.82, 2.24) is 20.2 Å². The van der Waals surface area contributed by atoms with Crippen LogP contribution in [0, 0.1) is 47.8 Å². The number of benzene rings is 1. The predicted octanol–water partition coefficient (Wildman–Crippen LogP) is 4.07. The molecule has 6 bridgehead atoms. The Kier molecular flexibility index (Phi) is 21.3. The van der Waals surface area contributed by atoms with Gasteiger partial charge in [-0.05, 0) is 127 Å². The number of carboxylic acid groups (broad SMARTS) is 1. The number of nitrogens with zero attached hydrogens (tertiary/aromatic N) is 5. The third-order valence-electron chi connectivity index (χ3n) is 19.3. The van der Waals surface area contributed by atoms with E-state index in [4.69, 9.17) is 57.4 Å². The first kappa shape index (κ1) is 70.2. The summed E-state index contributed by atoms with van der Waals surface area (Å²) in [6, 6.07) is 2.66. The Hall–Kier alpha value is -7.26. The van der Waals surface area contributed by atoms with Crippen molar-refractivity contribution >= 4 is 77.4 Å². The van der Waals surface area contributed by atoms with Crippen LogP contribution < -0.4 is 39.3 Å². The van der Waals surface area contributed by atoms with E-state index in [0.29, 0.717) is 50.7 Å². The van der Waals surface area contributed by atoms with Gasteiger partial charge < -0.3 is 68.8 Å². The largest absolute Gasteiger partial charge is 0.478 e. The zero-order valence-corrected chi connectivity index (χ0v) is 54.0. The summed E-state index contributed by atoms with van der Waals surface area (Å²) < 4.78 is 32.2. The molecule has 1 aromatic carbocycles. The van der Waals surface area contributed by atoms with Crippen molar-refractivity contribution in [3.8, 4) is 0 Å². The molecular formula is C62H89N12O15P. The second-order valence-electron chi connectivity index (χ2n) is 26.0. The van der Waals surface area contributed by atoms with Crippen molar-refractivity contribution in [1.29, 1.82) is 0 Å². The molecular weight excluding hydrogens is 1180 g/mol. The molecule has 1 fully saturated rings. The third kappa shape index (κ3) is 14.6. The number of aliphatic hydroxyl groups is 2. The van der Waals surface area contributed by atoms with Gasteiger partial charge in [0.25, 0.3) is 0 Å². The highest BCUT2D eigenvalue weighted by Crippen LogP contribution is 2.61. The van der Waals surface area contributed by atoms with Gasteiger partial charge >= 0.3 is 13.8 Å². The SMILES string of the molecule is C/C1=C(\C(C)=C\C(=O)O)N/C(CCCC(N)=O)=C\C2=NC(=C(/C)C3=N[C@H]([C@H](CC(N)=O)[C@@]3(C)CCC(=O)NC[C@@H](C)OP(=O)(O)O[C@H]3[C@@H](O)[C@@H](n4cnc5cc(C)c(C)cc54)O[C@@H]3CO)[C@@]3(C)N=C1[C@@H](CCC(N)=O)[C@]3(C)CC(N)=O)/[C@@H](CCC(N)=O)C2(C)C. The summed E-state index contributed by atoms with van der Waals surface area (Å²) in [5.74, 6) is -7.36. The fourth-order valence-electron chi connectivity index (χ4n) is 14.1. The smallest absolute Gasteiger partial charge is 0.472 e. The van der Waals surface area contributed by atoms with E-state index in [2.05, 4.69) is 15.6 Å². The van der Waals surface area contributed by atoms with E-state index in [0.717, 1.165) is 17.2 Å². The molecule has 1 unspecified atom stereocenters. The van der Waals surface area contributed by atoms with Gasteiger partial charge in [-0.15, -0.1) is 0 Å². The Morgan fingerprint density at radius 3 is 2.12 bits per heavy atom. The number of primary amides is 5. The van der Waals surface area contributed by atoms with Crippen LogP contribution in [0.25, 0.3) is 11.0 Å². The van der Waals surface area contributed by atoms with Gasteiger partial charge in [-0.2, -0.15) is 0 Å². The Bertz CT molecular complexity index is 3510. The number of aliphatic imine (C=N–C) groups is 3. The van der Waals surface area contributed by atoms with Crippen molar-refractivity contribution < 1.29 is 72.1 Å². The van der Waals surface area contributed by atoms with Gasteiger partial charge in [0, 0.05) is 119 Å². The van der Waals surface area contributed by atoms with E-state index in [1.165, 1.54) is 13.3 Å². The molecule has 492 valence electrons. The number of fused-ring (bicyclic) bond motifs is 5. The lowest BCUT2D eigenvalue weighted by atomic mass is 9.55. The zero-order valence-electron chi connectivity index (χ0n) is 53.1. The Labute approximate surface area is 523 Å². The first-order valence-corrected chi connectivity index (χ1v) is 31.7. The molecule has 1 saturated heterocycles. The topological polar surface area (TPSA) is 454 Å². The minimum atomic E-state index is -5.08. The first-order valence-electron chi connectivity index (χ1n) is 30.2. The van der Waals surface area contributed by atoms with Crippen LogP contribution in [-0.4, -0.2) is 137 Å². The van der Waals surface area contributed by atoms with Gasteiger partial charge in [0.1, 0.15) is 18.3 Å². The molecule has 16 N–H and O–H groups in total. The molecule has 90 heavy (non-hydrogen) atoms. The number of phosphoric ester groups is 1. The van der Waals surface area contributed by atoms with Crippen LogP contribution in [-0.2, 0) is 51.9 Å². The average Bonchev–Trinajstić information content (AvgIpc) is 1.53. The third-order valence-corrected chi connectivity index (χ3v) is 20.4. The summed E-state index contributed by atoms with van der Waals surface area (Å²) in [6.07, 6.45) is -2.99. The van der Waals surface area contributed by atoms with Gasteiger partial charge in [-0.25, -0.2) is 14.3 Å². The number of aliphatic hydroxyl groups excluding tert-OH is 2. The molecule has 5 aliphatic rings. The van der Waals surface area contributed by atoms with Crippen LogP contribution in [0.2, 0.25) is 0 Å². The lowest BCUT2D eigenvalue weighted by Crippen LogP contribution is -2.56. The number of aliphatic carboxylic acids is 1. The number of rotatable bonds is 27. The van der Waals surface area contributed by atoms with E-state index in [9.17, 15) is 58.3 Å². The maximum atomic E-state index is 14.4. The minimum Gasteiger partial charge on any atom is -0.478 e. The van der Waals surface area contributed by atoms with Crippen LogP contribution in [0.3, 0.4) is 0 Å². The molecule has 28 heteroatoms. The molecule has 0 aliphatic carbocycles. The number of carbonyl (C=O) groups excluding carboxylic acids is 6. The van der Waals surface area contributed by atoms with E-state index in [1.54, 1.807) is 32.3 Å². The number of phosphoric acid groups is 1. The molecule has 0 radical (unpaired) electrons. The van der Waals surface area contributed by atoms with Crippen LogP contribution in [0.15, 0.2) is 79.4 Å². The fourth-order valence-corrected chi connectivity index (χ4v) is 15.3. The summed E-state index contributed by atoms with van der Waals surface area (Å²) in [4.78, 5) is 124. The van der Waals surface area contributed by atoms with E-state index in [1.807, 2.05) is 59.8 Å². The number of aryl methyl sites for hydroxylation is 2. The van der Waals surface area contributed by atoms with Crippen molar-refractivity contribution in [3.05, 3.63) is 75.5 Å². The zero-order chi connectivity index (χ0) is 66.9. The van der Waals surface area contributed by atoms with E-state index >= 15 is 0 Å². The standard InChI is InChI=1S/C62H89N12O15P/c1-30-21-40-41(22-31(30)2)74(29-69-40)58-54(84)55(42(28-75)87-58)89-90(85,86)88-33(4)27-68-49(81)19-20-60(9)39(25-47(66)79)57-62(11)61(10,26-48(67)80)38(16-18-46(65)78)53(73-62)34(5)51(32(3)23-50(82)83)70-36(13-12-14-44(63)76)24-43-59(7,8)37(15-17-45(64)77)52(71-43)35(6)56(60)72-57/h21-24,29,33,37-39,42,54-55,57-58,70,75,84H,12-20,25-28H2,1-11H3,(H2,63,76)(H2,64,77)(H2,65,78)(H2,66,79)(H2,67,80)(H,68,81)(H,82,83)(H,85,86)/b32-23+,36-24-,51-34-,52-35-/t33-,37-,38-,39+,42-,54-,55-,57-,58+,60-,61+,62-/m1/s1. The van der Waals surface area contributed by atoms with Gasteiger partial charge in [-0.3, -0.25) is 52.8 Å². The van der Waals surface area contributed by atoms with Gasteiger partial charge in [0.05, 0.1) is 41.7 Å². The highest BCUT2D eigenvalue weighted by atomic mass is 31.2.